The molecule has 0 spiro atoms. The maximum Gasteiger partial charge on any atom is 0.340 e. The molecule has 4 rings (SSSR count). The van der Waals surface area contributed by atoms with E-state index in [9.17, 15) is 9.59 Å². The topological polar surface area (TPSA) is 60.7 Å². The average Bonchev–Trinajstić information content (AvgIpc) is 3.09. The average molecular weight is 370 g/mol. The molecular weight excluding hydrogens is 352 g/mol. The van der Waals surface area contributed by atoms with Crippen molar-refractivity contribution < 1.29 is 14.3 Å². The van der Waals surface area contributed by atoms with E-state index >= 15 is 0 Å². The first-order chi connectivity index (χ1) is 13.6. The number of benzene rings is 1. The number of carbonyl (C=O) groups excluding carboxylic acids is 2. The Labute approximate surface area is 162 Å². The van der Waals surface area contributed by atoms with E-state index in [2.05, 4.69) is 4.98 Å². The number of rotatable bonds is 4. The van der Waals surface area contributed by atoms with Gasteiger partial charge in [0.15, 0.2) is 5.78 Å². The highest BCUT2D eigenvalue weighted by Gasteiger charge is 2.30. The number of methoxy groups -OCH3 is 1. The first-order valence-electron chi connectivity index (χ1n) is 8.86. The van der Waals surface area contributed by atoms with Gasteiger partial charge >= 0.3 is 5.97 Å². The molecule has 0 aliphatic rings. The molecule has 0 saturated heterocycles. The van der Waals surface area contributed by atoms with Gasteiger partial charge in [-0.05, 0) is 31.2 Å². The lowest BCUT2D eigenvalue weighted by Crippen LogP contribution is -2.10. The second-order valence-electron chi connectivity index (χ2n) is 6.46. The Kier molecular flexibility index (Phi) is 4.49. The van der Waals surface area contributed by atoms with Crippen molar-refractivity contribution in [2.75, 3.05) is 7.11 Å². The summed E-state index contributed by atoms with van der Waals surface area (Å²) in [4.78, 5) is 30.6. The van der Waals surface area contributed by atoms with Crippen molar-refractivity contribution in [3.8, 4) is 11.4 Å². The maximum absolute atomic E-state index is 13.5. The van der Waals surface area contributed by atoms with E-state index in [1.165, 1.54) is 7.11 Å². The first kappa shape index (κ1) is 17.7. The Morgan fingerprint density at radius 1 is 0.929 bits per heavy atom. The van der Waals surface area contributed by atoms with Gasteiger partial charge in [-0.1, -0.05) is 42.0 Å². The second-order valence-corrected chi connectivity index (χ2v) is 6.46. The number of hydrogen-bond donors (Lipinski definition) is 0. The molecule has 3 aromatic heterocycles. The monoisotopic (exact) mass is 370 g/mol. The summed E-state index contributed by atoms with van der Waals surface area (Å²) in [5.74, 6) is -0.800. The number of ketones is 1. The molecule has 0 fully saturated rings. The summed E-state index contributed by atoms with van der Waals surface area (Å²) in [6.45, 7) is 1.96. The second kappa shape index (κ2) is 7.12. The summed E-state index contributed by atoms with van der Waals surface area (Å²) in [5, 5.41) is 0. The number of hydrogen-bond acceptors (Lipinski definition) is 4. The van der Waals surface area contributed by atoms with E-state index in [4.69, 9.17) is 4.74 Å². The number of aromatic nitrogens is 2. The molecule has 4 aromatic rings. The minimum absolute atomic E-state index is 0.245. The Morgan fingerprint density at radius 3 is 2.36 bits per heavy atom. The Morgan fingerprint density at radius 2 is 1.68 bits per heavy atom. The van der Waals surface area contributed by atoms with Gasteiger partial charge in [0.1, 0.15) is 0 Å². The lowest BCUT2D eigenvalue weighted by Gasteiger charge is -2.07. The molecule has 138 valence electrons. The molecule has 0 atom stereocenters. The SMILES string of the molecule is COC(=O)c1c(C(=O)c2ccc(C)cc2)c(-c2ccccn2)n2ccccc12. The van der Waals surface area contributed by atoms with Crippen molar-refractivity contribution in [3.63, 3.8) is 0 Å². The van der Waals surface area contributed by atoms with Crippen molar-refractivity contribution in [1.82, 2.24) is 9.38 Å². The van der Waals surface area contributed by atoms with Crippen LogP contribution >= 0.6 is 0 Å². The van der Waals surface area contributed by atoms with E-state index in [1.54, 1.807) is 24.4 Å². The highest BCUT2D eigenvalue weighted by molar-refractivity contribution is 6.20. The van der Waals surface area contributed by atoms with Gasteiger partial charge in [0.25, 0.3) is 0 Å². The summed E-state index contributed by atoms with van der Waals surface area (Å²) in [5.41, 5.74) is 3.87. The van der Waals surface area contributed by atoms with E-state index in [-0.39, 0.29) is 11.3 Å². The zero-order valence-electron chi connectivity index (χ0n) is 15.5. The third-order valence-electron chi connectivity index (χ3n) is 4.68. The van der Waals surface area contributed by atoms with Crippen molar-refractivity contribution in [2.24, 2.45) is 0 Å². The minimum atomic E-state index is -0.554. The third kappa shape index (κ3) is 2.87. The van der Waals surface area contributed by atoms with Gasteiger partial charge in [-0.25, -0.2) is 4.79 Å². The number of fused-ring (bicyclic) bond motifs is 1. The highest BCUT2D eigenvalue weighted by Crippen LogP contribution is 2.33. The van der Waals surface area contributed by atoms with E-state index < -0.39 is 5.97 Å². The molecule has 0 radical (unpaired) electrons. The van der Waals surface area contributed by atoms with Gasteiger partial charge in [0.05, 0.1) is 35.1 Å². The van der Waals surface area contributed by atoms with E-state index in [1.807, 2.05) is 60.0 Å². The molecule has 1 aromatic carbocycles. The van der Waals surface area contributed by atoms with Crippen molar-refractivity contribution in [3.05, 3.63) is 95.3 Å². The number of carbonyl (C=O) groups is 2. The molecule has 5 nitrogen and oxygen atoms in total. The zero-order chi connectivity index (χ0) is 19.7. The molecule has 28 heavy (non-hydrogen) atoms. The van der Waals surface area contributed by atoms with Crippen LogP contribution in [0, 0.1) is 6.92 Å². The molecule has 5 heteroatoms. The number of nitrogens with zero attached hydrogens (tertiary/aromatic N) is 2. The van der Waals surface area contributed by atoms with Gasteiger partial charge < -0.3 is 9.14 Å². The van der Waals surface area contributed by atoms with Gasteiger partial charge in [-0.2, -0.15) is 0 Å². The van der Waals surface area contributed by atoms with Crippen molar-refractivity contribution in [2.45, 2.75) is 6.92 Å². The van der Waals surface area contributed by atoms with Crippen LogP contribution in [0.3, 0.4) is 0 Å². The zero-order valence-corrected chi connectivity index (χ0v) is 15.5. The fourth-order valence-corrected chi connectivity index (χ4v) is 3.34. The van der Waals surface area contributed by atoms with Crippen LogP contribution in [0.25, 0.3) is 16.9 Å². The fourth-order valence-electron chi connectivity index (χ4n) is 3.34. The molecule has 0 aliphatic heterocycles. The molecule has 0 saturated carbocycles. The van der Waals surface area contributed by atoms with Crippen LogP contribution in [0.4, 0.5) is 0 Å². The standard InChI is InChI=1S/C23H18N2O3/c1-15-9-11-16(12-10-15)22(26)20-19(23(27)28-2)18-8-4-6-14-25(18)21(20)17-7-3-5-13-24-17/h3-14H,1-2H3. The Bertz CT molecular complexity index is 1180. The quantitative estimate of drug-likeness (QED) is 0.396. The summed E-state index contributed by atoms with van der Waals surface area (Å²) < 4.78 is 6.83. The normalized spacial score (nSPS) is 10.8. The van der Waals surface area contributed by atoms with Gasteiger partial charge in [-0.3, -0.25) is 9.78 Å². The summed E-state index contributed by atoms with van der Waals surface area (Å²) in [6.07, 6.45) is 3.48. The van der Waals surface area contributed by atoms with Gasteiger partial charge in [0.2, 0.25) is 0 Å². The van der Waals surface area contributed by atoms with Crippen molar-refractivity contribution >= 4 is 17.3 Å². The van der Waals surface area contributed by atoms with Crippen LogP contribution in [0.15, 0.2) is 73.1 Å². The van der Waals surface area contributed by atoms with Crippen LogP contribution in [0.2, 0.25) is 0 Å². The predicted octanol–water partition coefficient (Wildman–Crippen LogP) is 4.33. The molecule has 0 amide bonds. The summed E-state index contributed by atoms with van der Waals surface area (Å²) >= 11 is 0. The highest BCUT2D eigenvalue weighted by atomic mass is 16.5. The van der Waals surface area contributed by atoms with Gasteiger partial charge in [0, 0.05) is 18.0 Å². The first-order valence-corrected chi connectivity index (χ1v) is 8.86. The molecule has 0 bridgehead atoms. The van der Waals surface area contributed by atoms with Crippen LogP contribution in [0.5, 0.6) is 0 Å². The van der Waals surface area contributed by atoms with Crippen LogP contribution < -0.4 is 0 Å². The van der Waals surface area contributed by atoms with Crippen LogP contribution in [-0.2, 0) is 4.74 Å². The fraction of sp³-hybridized carbons (Fsp3) is 0.0870. The largest absolute Gasteiger partial charge is 0.465 e. The maximum atomic E-state index is 13.5. The number of aryl methyl sites for hydroxylation is 1. The molecule has 0 N–H and O–H groups in total. The Hall–Kier alpha value is -3.73. The molecular formula is C23H18N2O3. The number of ether oxygens (including phenoxy) is 1. The lowest BCUT2D eigenvalue weighted by molar-refractivity contribution is 0.0600. The minimum Gasteiger partial charge on any atom is -0.465 e. The molecule has 0 unspecified atom stereocenters. The Balaban J connectivity index is 2.09. The molecule has 0 aliphatic carbocycles. The van der Waals surface area contributed by atoms with Crippen LogP contribution in [0.1, 0.15) is 31.8 Å². The summed E-state index contributed by atoms with van der Waals surface area (Å²) in [7, 11) is 1.31. The molecule has 3 heterocycles. The predicted molar refractivity (Wildman–Crippen MR) is 107 cm³/mol. The van der Waals surface area contributed by atoms with Crippen molar-refractivity contribution in [1.29, 1.82) is 0 Å². The smallest absolute Gasteiger partial charge is 0.340 e. The third-order valence-corrected chi connectivity index (χ3v) is 4.68. The number of pyridine rings is 2. The van der Waals surface area contributed by atoms with E-state index in [0.29, 0.717) is 28.0 Å². The summed E-state index contributed by atoms with van der Waals surface area (Å²) in [6, 6.07) is 18.2. The number of esters is 1. The van der Waals surface area contributed by atoms with Gasteiger partial charge in [-0.15, -0.1) is 0 Å². The van der Waals surface area contributed by atoms with Crippen LogP contribution in [-0.4, -0.2) is 28.2 Å². The lowest BCUT2D eigenvalue weighted by atomic mass is 9.97. The van der Waals surface area contributed by atoms with E-state index in [0.717, 1.165) is 5.56 Å².